The number of rotatable bonds is 1. The first kappa shape index (κ1) is 13.5. The average molecular weight is 317 g/mol. The molecule has 0 atom stereocenters. The summed E-state index contributed by atoms with van der Waals surface area (Å²) in [5.74, 6) is 0. The van der Waals surface area contributed by atoms with Crippen LogP contribution in [0.5, 0.6) is 0 Å². The largest absolute Gasteiger partial charge is 0.192 e. The van der Waals surface area contributed by atoms with E-state index in [1.54, 1.807) is 30.3 Å². The molecule has 0 aliphatic carbocycles. The summed E-state index contributed by atoms with van der Waals surface area (Å²) in [6.45, 7) is 0. The standard InChI is InChI=1S/C13H5Cl4N/c14-9-2-7(6-18)1-8(3-9)13-11(16)4-10(15)5-12(13)17/h1-5H. The molecule has 2 aromatic carbocycles. The molecule has 0 aromatic heterocycles. The lowest BCUT2D eigenvalue weighted by Gasteiger charge is -2.09. The molecule has 5 heteroatoms. The van der Waals surface area contributed by atoms with Crippen molar-refractivity contribution in [3.63, 3.8) is 0 Å². The Hall–Kier alpha value is -0.910. The first-order valence-electron chi connectivity index (χ1n) is 4.87. The van der Waals surface area contributed by atoms with E-state index in [-0.39, 0.29) is 0 Å². The van der Waals surface area contributed by atoms with E-state index in [1.165, 1.54) is 0 Å². The molecule has 18 heavy (non-hydrogen) atoms. The first-order valence-corrected chi connectivity index (χ1v) is 6.38. The molecule has 0 saturated heterocycles. The van der Waals surface area contributed by atoms with Crippen molar-refractivity contribution in [3.05, 3.63) is 56.0 Å². The van der Waals surface area contributed by atoms with Crippen LogP contribution < -0.4 is 0 Å². The van der Waals surface area contributed by atoms with Crippen molar-refractivity contribution in [2.45, 2.75) is 0 Å². The highest BCUT2D eigenvalue weighted by atomic mass is 35.5. The van der Waals surface area contributed by atoms with Gasteiger partial charge >= 0.3 is 0 Å². The topological polar surface area (TPSA) is 23.8 Å². The molecular formula is C13H5Cl4N. The van der Waals surface area contributed by atoms with Gasteiger partial charge in [0, 0.05) is 15.6 Å². The minimum atomic E-state index is 0.415. The van der Waals surface area contributed by atoms with E-state index in [9.17, 15) is 0 Å². The molecule has 0 amide bonds. The number of benzene rings is 2. The zero-order chi connectivity index (χ0) is 13.3. The highest BCUT2D eigenvalue weighted by Crippen LogP contribution is 2.38. The van der Waals surface area contributed by atoms with E-state index in [1.807, 2.05) is 6.07 Å². The maximum absolute atomic E-state index is 8.92. The molecule has 0 spiro atoms. The van der Waals surface area contributed by atoms with Crippen LogP contribution in [-0.4, -0.2) is 0 Å². The second-order valence-corrected chi connectivity index (χ2v) is 5.27. The maximum atomic E-state index is 8.92. The minimum Gasteiger partial charge on any atom is -0.192 e. The molecular weight excluding hydrogens is 312 g/mol. The van der Waals surface area contributed by atoms with Crippen molar-refractivity contribution in [2.75, 3.05) is 0 Å². The predicted octanol–water partition coefficient (Wildman–Crippen LogP) is 5.84. The number of hydrogen-bond acceptors (Lipinski definition) is 1. The highest BCUT2D eigenvalue weighted by Gasteiger charge is 2.11. The van der Waals surface area contributed by atoms with Crippen molar-refractivity contribution in [3.8, 4) is 17.2 Å². The summed E-state index contributed by atoms with van der Waals surface area (Å²) in [6.07, 6.45) is 0. The van der Waals surface area contributed by atoms with E-state index in [0.29, 0.717) is 36.8 Å². The Kier molecular flexibility index (Phi) is 4.04. The lowest BCUT2D eigenvalue weighted by Crippen LogP contribution is -1.85. The quantitative estimate of drug-likeness (QED) is 0.648. The minimum absolute atomic E-state index is 0.415. The van der Waals surface area contributed by atoms with E-state index in [0.717, 1.165) is 0 Å². The summed E-state index contributed by atoms with van der Waals surface area (Å²) in [4.78, 5) is 0. The van der Waals surface area contributed by atoms with Crippen molar-refractivity contribution < 1.29 is 0 Å². The Labute approximate surface area is 124 Å². The van der Waals surface area contributed by atoms with Gasteiger partial charge < -0.3 is 0 Å². The second-order valence-electron chi connectivity index (χ2n) is 3.58. The van der Waals surface area contributed by atoms with E-state index >= 15 is 0 Å². The maximum Gasteiger partial charge on any atom is 0.0992 e. The van der Waals surface area contributed by atoms with Crippen LogP contribution in [0.4, 0.5) is 0 Å². The highest BCUT2D eigenvalue weighted by molar-refractivity contribution is 6.42. The Balaban J connectivity index is 2.70. The van der Waals surface area contributed by atoms with Crippen LogP contribution in [-0.2, 0) is 0 Å². The summed E-state index contributed by atoms with van der Waals surface area (Å²) in [7, 11) is 0. The zero-order valence-corrected chi connectivity index (χ0v) is 11.9. The Morgan fingerprint density at radius 2 is 1.33 bits per heavy atom. The third kappa shape index (κ3) is 2.74. The molecule has 0 unspecified atom stereocenters. The molecule has 0 fully saturated rings. The van der Waals surface area contributed by atoms with E-state index in [2.05, 4.69) is 0 Å². The van der Waals surface area contributed by atoms with E-state index in [4.69, 9.17) is 51.7 Å². The third-order valence-electron chi connectivity index (χ3n) is 2.32. The Morgan fingerprint density at radius 1 is 0.778 bits per heavy atom. The van der Waals surface area contributed by atoms with Crippen molar-refractivity contribution in [1.29, 1.82) is 5.26 Å². The van der Waals surface area contributed by atoms with Crippen molar-refractivity contribution in [2.24, 2.45) is 0 Å². The number of hydrogen-bond donors (Lipinski definition) is 0. The van der Waals surface area contributed by atoms with Gasteiger partial charge in [-0.2, -0.15) is 5.26 Å². The molecule has 0 N–H and O–H groups in total. The Morgan fingerprint density at radius 3 is 1.89 bits per heavy atom. The fourth-order valence-electron chi connectivity index (χ4n) is 1.62. The van der Waals surface area contributed by atoms with Gasteiger partial charge in [-0.3, -0.25) is 0 Å². The van der Waals surface area contributed by atoms with Gasteiger partial charge in [0.25, 0.3) is 0 Å². The van der Waals surface area contributed by atoms with Crippen LogP contribution in [0.15, 0.2) is 30.3 Å². The summed E-state index contributed by atoms with van der Waals surface area (Å²) in [5, 5.41) is 10.7. The summed E-state index contributed by atoms with van der Waals surface area (Å²) in [6, 6.07) is 10.2. The molecule has 0 bridgehead atoms. The average Bonchev–Trinajstić information content (AvgIpc) is 2.26. The zero-order valence-electron chi connectivity index (χ0n) is 8.85. The molecule has 0 saturated carbocycles. The van der Waals surface area contributed by atoms with Gasteiger partial charge in [-0.1, -0.05) is 46.4 Å². The number of nitriles is 1. The number of nitrogens with zero attached hydrogens (tertiary/aromatic N) is 1. The van der Waals surface area contributed by atoms with Crippen LogP contribution >= 0.6 is 46.4 Å². The molecule has 0 aliphatic heterocycles. The van der Waals surface area contributed by atoms with E-state index < -0.39 is 0 Å². The van der Waals surface area contributed by atoms with Gasteiger partial charge in [0.05, 0.1) is 21.7 Å². The monoisotopic (exact) mass is 315 g/mol. The van der Waals surface area contributed by atoms with Crippen molar-refractivity contribution in [1.82, 2.24) is 0 Å². The van der Waals surface area contributed by atoms with Gasteiger partial charge in [0.15, 0.2) is 0 Å². The van der Waals surface area contributed by atoms with Gasteiger partial charge in [0.2, 0.25) is 0 Å². The molecule has 90 valence electrons. The first-order chi connectivity index (χ1) is 8.51. The SMILES string of the molecule is N#Cc1cc(Cl)cc(-c2c(Cl)cc(Cl)cc2Cl)c1. The van der Waals surface area contributed by atoms with Gasteiger partial charge in [0.1, 0.15) is 0 Å². The molecule has 0 aliphatic rings. The van der Waals surface area contributed by atoms with Crippen LogP contribution in [0.25, 0.3) is 11.1 Å². The fraction of sp³-hybridized carbons (Fsp3) is 0. The summed E-state index contributed by atoms with van der Waals surface area (Å²) in [5.41, 5.74) is 1.74. The lowest BCUT2D eigenvalue weighted by molar-refractivity contribution is 1.48. The van der Waals surface area contributed by atoms with Crippen LogP contribution in [0, 0.1) is 11.3 Å². The van der Waals surface area contributed by atoms with Gasteiger partial charge in [-0.05, 0) is 35.9 Å². The van der Waals surface area contributed by atoms with Crippen molar-refractivity contribution >= 4 is 46.4 Å². The fourth-order valence-corrected chi connectivity index (χ4v) is 2.89. The molecule has 2 aromatic rings. The second kappa shape index (κ2) is 5.38. The van der Waals surface area contributed by atoms with Crippen LogP contribution in [0.2, 0.25) is 20.1 Å². The Bertz CT molecular complexity index is 636. The summed E-state index contributed by atoms with van der Waals surface area (Å²) < 4.78 is 0. The summed E-state index contributed by atoms with van der Waals surface area (Å²) >= 11 is 24.0. The predicted molar refractivity (Wildman–Crippen MR) is 76.6 cm³/mol. The third-order valence-corrected chi connectivity index (χ3v) is 3.36. The molecule has 0 heterocycles. The van der Waals surface area contributed by atoms with Gasteiger partial charge in [-0.15, -0.1) is 0 Å². The van der Waals surface area contributed by atoms with Gasteiger partial charge in [-0.25, -0.2) is 0 Å². The smallest absolute Gasteiger partial charge is 0.0992 e. The van der Waals surface area contributed by atoms with Crippen LogP contribution in [0.1, 0.15) is 5.56 Å². The lowest BCUT2D eigenvalue weighted by atomic mass is 10.0. The number of halogens is 4. The van der Waals surface area contributed by atoms with Crippen LogP contribution in [0.3, 0.4) is 0 Å². The molecule has 1 nitrogen and oxygen atoms in total. The molecule has 2 rings (SSSR count). The molecule has 0 radical (unpaired) electrons. The normalized spacial score (nSPS) is 10.2.